The monoisotopic (exact) mass is 235 g/mol. The Hall–Kier alpha value is -1.62. The molecule has 1 aliphatic rings. The number of morpholine rings is 1. The summed E-state index contributed by atoms with van der Waals surface area (Å²) in [6, 6.07) is 1.99. The summed E-state index contributed by atoms with van der Waals surface area (Å²) in [5.74, 6) is 0.339. The fourth-order valence-electron chi connectivity index (χ4n) is 1.91. The number of carbonyl (C=O) groups is 1. The Morgan fingerprint density at radius 1 is 1.41 bits per heavy atom. The van der Waals surface area contributed by atoms with Gasteiger partial charge in [-0.3, -0.25) is 4.79 Å². The van der Waals surface area contributed by atoms with Gasteiger partial charge in [-0.1, -0.05) is 0 Å². The summed E-state index contributed by atoms with van der Waals surface area (Å²) < 4.78 is 5.29. The molecule has 1 fully saturated rings. The molecule has 1 saturated heterocycles. The lowest BCUT2D eigenvalue weighted by Crippen LogP contribution is -2.37. The maximum Gasteiger partial charge on any atom is 0.267 e. The average molecular weight is 235 g/mol. The molecule has 1 aliphatic heterocycles. The third-order valence-electron chi connectivity index (χ3n) is 3.09. The van der Waals surface area contributed by atoms with Crippen molar-refractivity contribution in [1.29, 1.82) is 0 Å². The summed E-state index contributed by atoms with van der Waals surface area (Å²) in [5, 5.41) is 0. The van der Waals surface area contributed by atoms with Crippen molar-refractivity contribution in [1.82, 2.24) is 4.98 Å². The van der Waals surface area contributed by atoms with E-state index in [4.69, 9.17) is 10.5 Å². The molecule has 0 bridgehead atoms. The molecule has 0 unspecified atom stereocenters. The maximum atomic E-state index is 11.3. The predicted octanol–water partition coefficient (Wildman–Crippen LogP) is 0.634. The quantitative estimate of drug-likeness (QED) is 0.816. The molecule has 5 nitrogen and oxygen atoms in total. The largest absolute Gasteiger partial charge is 0.378 e. The Morgan fingerprint density at radius 3 is 2.65 bits per heavy atom. The van der Waals surface area contributed by atoms with E-state index in [-0.39, 0.29) is 0 Å². The highest BCUT2D eigenvalue weighted by Gasteiger charge is 2.17. The van der Waals surface area contributed by atoms with E-state index in [1.54, 1.807) is 0 Å². The van der Waals surface area contributed by atoms with E-state index in [1.165, 1.54) is 0 Å². The van der Waals surface area contributed by atoms with Crippen LogP contribution < -0.4 is 10.6 Å². The van der Waals surface area contributed by atoms with E-state index < -0.39 is 5.91 Å². The number of hydrogen-bond donors (Lipinski definition) is 1. The Bertz CT molecular complexity index is 440. The number of carbonyl (C=O) groups excluding carboxylic acids is 1. The lowest BCUT2D eigenvalue weighted by molar-refractivity contribution is 0.0994. The molecule has 2 heterocycles. The molecule has 2 N–H and O–H groups in total. The van der Waals surface area contributed by atoms with Crippen molar-refractivity contribution in [3.05, 3.63) is 22.9 Å². The van der Waals surface area contributed by atoms with Gasteiger partial charge < -0.3 is 15.4 Å². The van der Waals surface area contributed by atoms with Crippen LogP contribution in [0.5, 0.6) is 0 Å². The second kappa shape index (κ2) is 4.71. The second-order valence-corrected chi connectivity index (χ2v) is 4.23. The number of ether oxygens (including phenoxy) is 1. The number of amides is 1. The van der Waals surface area contributed by atoms with Gasteiger partial charge in [0, 0.05) is 13.1 Å². The van der Waals surface area contributed by atoms with Gasteiger partial charge in [0.25, 0.3) is 5.91 Å². The summed E-state index contributed by atoms with van der Waals surface area (Å²) >= 11 is 0. The van der Waals surface area contributed by atoms with Crippen LogP contribution >= 0.6 is 0 Å². The number of primary amides is 1. The summed E-state index contributed by atoms with van der Waals surface area (Å²) in [6.45, 7) is 6.82. The highest BCUT2D eigenvalue weighted by atomic mass is 16.5. The zero-order chi connectivity index (χ0) is 12.4. The Balaban J connectivity index is 2.37. The second-order valence-electron chi connectivity index (χ2n) is 4.23. The first-order valence-corrected chi connectivity index (χ1v) is 5.70. The summed E-state index contributed by atoms with van der Waals surface area (Å²) in [5.41, 5.74) is 7.60. The normalized spacial score (nSPS) is 16.0. The van der Waals surface area contributed by atoms with Crippen LogP contribution in [-0.2, 0) is 4.74 Å². The summed E-state index contributed by atoms with van der Waals surface area (Å²) in [6.07, 6.45) is 0. The van der Waals surface area contributed by atoms with E-state index in [0.717, 1.165) is 30.0 Å². The predicted molar refractivity (Wildman–Crippen MR) is 65.3 cm³/mol. The van der Waals surface area contributed by atoms with Gasteiger partial charge in [0.2, 0.25) is 0 Å². The van der Waals surface area contributed by atoms with Crippen molar-refractivity contribution in [2.75, 3.05) is 31.2 Å². The molecule has 1 aromatic heterocycles. The van der Waals surface area contributed by atoms with Crippen LogP contribution in [0.15, 0.2) is 6.07 Å². The number of rotatable bonds is 2. The molecule has 17 heavy (non-hydrogen) atoms. The SMILES string of the molecule is Cc1cc(N2CCOCC2)nc(C(N)=O)c1C. The van der Waals surface area contributed by atoms with Crippen molar-refractivity contribution < 1.29 is 9.53 Å². The number of hydrogen-bond acceptors (Lipinski definition) is 4. The molecule has 1 amide bonds. The van der Waals surface area contributed by atoms with Gasteiger partial charge in [-0.2, -0.15) is 0 Å². The van der Waals surface area contributed by atoms with E-state index >= 15 is 0 Å². The lowest BCUT2D eigenvalue weighted by Gasteiger charge is -2.28. The van der Waals surface area contributed by atoms with E-state index in [1.807, 2.05) is 19.9 Å². The number of anilines is 1. The van der Waals surface area contributed by atoms with E-state index in [2.05, 4.69) is 9.88 Å². The molecule has 92 valence electrons. The third kappa shape index (κ3) is 2.39. The fraction of sp³-hybridized carbons (Fsp3) is 0.500. The van der Waals surface area contributed by atoms with Crippen LogP contribution in [0.1, 0.15) is 21.6 Å². The van der Waals surface area contributed by atoms with Crippen LogP contribution in [0, 0.1) is 13.8 Å². The molecule has 0 aromatic carbocycles. The van der Waals surface area contributed by atoms with Crippen LogP contribution in [0.2, 0.25) is 0 Å². The smallest absolute Gasteiger partial charge is 0.267 e. The van der Waals surface area contributed by atoms with Gasteiger partial charge >= 0.3 is 0 Å². The van der Waals surface area contributed by atoms with Crippen molar-refractivity contribution in [3.8, 4) is 0 Å². The summed E-state index contributed by atoms with van der Waals surface area (Å²) in [7, 11) is 0. The van der Waals surface area contributed by atoms with E-state index in [0.29, 0.717) is 18.9 Å². The van der Waals surface area contributed by atoms with Crippen LogP contribution in [0.25, 0.3) is 0 Å². The average Bonchev–Trinajstić information content (AvgIpc) is 2.33. The molecule has 0 radical (unpaired) electrons. The highest BCUT2D eigenvalue weighted by Crippen LogP contribution is 2.19. The molecule has 5 heteroatoms. The molecule has 0 atom stereocenters. The molecular formula is C12H17N3O2. The summed E-state index contributed by atoms with van der Waals surface area (Å²) in [4.78, 5) is 17.8. The van der Waals surface area contributed by atoms with Crippen molar-refractivity contribution in [3.63, 3.8) is 0 Å². The van der Waals surface area contributed by atoms with Crippen LogP contribution in [-0.4, -0.2) is 37.2 Å². The maximum absolute atomic E-state index is 11.3. The van der Waals surface area contributed by atoms with Crippen LogP contribution in [0.3, 0.4) is 0 Å². The molecule has 2 rings (SSSR count). The van der Waals surface area contributed by atoms with Gasteiger partial charge in [-0.05, 0) is 31.0 Å². The van der Waals surface area contributed by atoms with Gasteiger partial charge in [0.05, 0.1) is 13.2 Å². The van der Waals surface area contributed by atoms with Crippen molar-refractivity contribution in [2.45, 2.75) is 13.8 Å². The number of aromatic nitrogens is 1. The molecule has 0 saturated carbocycles. The van der Waals surface area contributed by atoms with Crippen molar-refractivity contribution in [2.24, 2.45) is 5.73 Å². The Labute approximate surface area is 101 Å². The lowest BCUT2D eigenvalue weighted by atomic mass is 10.1. The van der Waals surface area contributed by atoms with Crippen LogP contribution in [0.4, 0.5) is 5.82 Å². The van der Waals surface area contributed by atoms with E-state index in [9.17, 15) is 4.79 Å². The zero-order valence-electron chi connectivity index (χ0n) is 10.2. The Morgan fingerprint density at radius 2 is 2.06 bits per heavy atom. The van der Waals surface area contributed by atoms with Gasteiger partial charge in [0.1, 0.15) is 11.5 Å². The zero-order valence-corrected chi connectivity index (χ0v) is 10.2. The fourth-order valence-corrected chi connectivity index (χ4v) is 1.91. The number of nitrogens with two attached hydrogens (primary N) is 1. The first-order chi connectivity index (χ1) is 8.09. The molecule has 1 aromatic rings. The van der Waals surface area contributed by atoms with Gasteiger partial charge in [-0.15, -0.1) is 0 Å². The minimum atomic E-state index is -0.472. The minimum absolute atomic E-state index is 0.367. The highest BCUT2D eigenvalue weighted by molar-refractivity contribution is 5.93. The number of aryl methyl sites for hydroxylation is 1. The first kappa shape index (κ1) is 11.9. The number of nitrogens with zero attached hydrogens (tertiary/aromatic N) is 2. The minimum Gasteiger partial charge on any atom is -0.378 e. The van der Waals surface area contributed by atoms with Gasteiger partial charge in [-0.25, -0.2) is 4.98 Å². The Kier molecular flexibility index (Phi) is 3.28. The standard InChI is InChI=1S/C12H17N3O2/c1-8-7-10(15-3-5-17-6-4-15)14-11(9(8)2)12(13)16/h7H,3-6H2,1-2H3,(H2,13,16). The first-order valence-electron chi connectivity index (χ1n) is 5.70. The van der Waals surface area contributed by atoms with Crippen molar-refractivity contribution >= 4 is 11.7 Å². The molecule has 0 aliphatic carbocycles. The van der Waals surface area contributed by atoms with Gasteiger partial charge in [0.15, 0.2) is 0 Å². The molecule has 0 spiro atoms. The number of pyridine rings is 1. The molecular weight excluding hydrogens is 218 g/mol. The topological polar surface area (TPSA) is 68.4 Å². The third-order valence-corrected chi connectivity index (χ3v) is 3.09.